The summed E-state index contributed by atoms with van der Waals surface area (Å²) >= 11 is 0. The largest absolute Gasteiger partial charge is 0.457 e. The van der Waals surface area contributed by atoms with E-state index < -0.39 is 5.41 Å². The summed E-state index contributed by atoms with van der Waals surface area (Å²) in [6.07, 6.45) is 1.64. The minimum Gasteiger partial charge on any atom is -0.457 e. The Balaban J connectivity index is 1.39. The lowest BCUT2D eigenvalue weighted by atomic mass is 9.61. The minimum atomic E-state index is -0.538. The summed E-state index contributed by atoms with van der Waals surface area (Å²) in [6, 6.07) is 22.6. The Morgan fingerprint density at radius 3 is 2.55 bits per heavy atom. The number of nitrogens with one attached hydrogen (secondary N) is 1. The van der Waals surface area contributed by atoms with Crippen LogP contribution in [0.1, 0.15) is 63.4 Å². The Bertz CT molecular complexity index is 1250. The molecular formula is C27H23NO3. The number of carbonyl (C=O) groups excluding carboxylic acids is 2. The molecule has 1 aliphatic heterocycles. The summed E-state index contributed by atoms with van der Waals surface area (Å²) in [5, 5.41) is 3.16. The molecule has 7 rings (SSSR count). The highest BCUT2D eigenvalue weighted by Crippen LogP contribution is 2.57. The molecule has 0 saturated heterocycles. The highest BCUT2D eigenvalue weighted by atomic mass is 16.5. The number of cyclic esters (lactones) is 1. The van der Waals surface area contributed by atoms with E-state index in [1.165, 1.54) is 22.3 Å². The molecule has 2 bridgehead atoms. The van der Waals surface area contributed by atoms with Crippen molar-refractivity contribution in [2.75, 3.05) is 5.32 Å². The van der Waals surface area contributed by atoms with Crippen LogP contribution in [-0.4, -0.2) is 11.9 Å². The van der Waals surface area contributed by atoms with E-state index in [0.717, 1.165) is 18.4 Å². The maximum absolute atomic E-state index is 13.7. The van der Waals surface area contributed by atoms with E-state index >= 15 is 0 Å². The normalized spacial score (nSPS) is 25.1. The van der Waals surface area contributed by atoms with E-state index in [2.05, 4.69) is 60.8 Å². The Kier molecular flexibility index (Phi) is 3.88. The summed E-state index contributed by atoms with van der Waals surface area (Å²) in [6.45, 7) is 2.38. The number of fused-ring (bicyclic) bond motifs is 2. The van der Waals surface area contributed by atoms with E-state index in [-0.39, 0.29) is 30.3 Å². The fourth-order valence-corrected chi connectivity index (χ4v) is 5.79. The molecule has 0 saturated carbocycles. The van der Waals surface area contributed by atoms with Crippen molar-refractivity contribution in [3.05, 3.63) is 100 Å². The number of anilines is 1. The third-order valence-corrected chi connectivity index (χ3v) is 7.46. The van der Waals surface area contributed by atoms with E-state index in [4.69, 9.17) is 4.74 Å². The molecule has 154 valence electrons. The van der Waals surface area contributed by atoms with Crippen LogP contribution >= 0.6 is 0 Å². The monoisotopic (exact) mass is 409 g/mol. The zero-order valence-corrected chi connectivity index (χ0v) is 17.4. The van der Waals surface area contributed by atoms with Gasteiger partial charge in [-0.05, 0) is 53.3 Å². The standard InChI is InChI=1S/C27H23NO3/c1-27(26(30)28-18-10-11-20-17(12-18)15-31-25(20)29)14-23-19-7-3-2-6-16(19)13-24(27)22-9-5-4-8-21(22)23/h2-12,23-24H,13-15H2,1H3,(H,28,30). The number of hydrogen-bond donors (Lipinski definition) is 1. The van der Waals surface area contributed by atoms with Crippen LogP contribution in [0.25, 0.3) is 0 Å². The molecule has 3 aromatic carbocycles. The number of benzene rings is 3. The molecule has 31 heavy (non-hydrogen) atoms. The van der Waals surface area contributed by atoms with Crippen molar-refractivity contribution < 1.29 is 14.3 Å². The average molecular weight is 409 g/mol. The molecule has 0 aromatic heterocycles. The van der Waals surface area contributed by atoms with Crippen molar-refractivity contribution in [2.24, 2.45) is 5.41 Å². The van der Waals surface area contributed by atoms with Crippen molar-refractivity contribution in [2.45, 2.75) is 38.2 Å². The zero-order valence-electron chi connectivity index (χ0n) is 17.4. The third kappa shape index (κ3) is 2.67. The summed E-state index contributed by atoms with van der Waals surface area (Å²) in [4.78, 5) is 25.5. The predicted octanol–water partition coefficient (Wildman–Crippen LogP) is 5.18. The van der Waals surface area contributed by atoms with Gasteiger partial charge in [-0.1, -0.05) is 55.5 Å². The molecule has 3 unspecified atom stereocenters. The fourth-order valence-electron chi connectivity index (χ4n) is 5.79. The van der Waals surface area contributed by atoms with Gasteiger partial charge in [0.1, 0.15) is 6.61 Å². The fraction of sp³-hybridized carbons (Fsp3) is 0.259. The number of hydrogen-bond acceptors (Lipinski definition) is 3. The van der Waals surface area contributed by atoms with E-state index in [0.29, 0.717) is 11.3 Å². The second-order valence-electron chi connectivity index (χ2n) is 9.16. The van der Waals surface area contributed by atoms with Crippen LogP contribution in [-0.2, 0) is 22.6 Å². The highest BCUT2D eigenvalue weighted by molar-refractivity contribution is 5.98. The number of rotatable bonds is 2. The van der Waals surface area contributed by atoms with Crippen LogP contribution in [0.4, 0.5) is 5.69 Å². The zero-order chi connectivity index (χ0) is 21.2. The third-order valence-electron chi connectivity index (χ3n) is 7.46. The van der Waals surface area contributed by atoms with Gasteiger partial charge in [0.25, 0.3) is 0 Å². The maximum Gasteiger partial charge on any atom is 0.338 e. The number of ether oxygens (including phenoxy) is 1. The van der Waals surface area contributed by atoms with E-state index in [1.54, 1.807) is 12.1 Å². The Morgan fingerprint density at radius 2 is 1.71 bits per heavy atom. The summed E-state index contributed by atoms with van der Waals surface area (Å²) in [5.74, 6) is 0.0705. The van der Waals surface area contributed by atoms with Crippen molar-refractivity contribution in [3.63, 3.8) is 0 Å². The first-order valence-electron chi connectivity index (χ1n) is 10.8. The lowest BCUT2D eigenvalue weighted by Crippen LogP contribution is -2.42. The lowest BCUT2D eigenvalue weighted by molar-refractivity contribution is -0.126. The summed E-state index contributed by atoms with van der Waals surface area (Å²) in [7, 11) is 0. The minimum absolute atomic E-state index is 0.0370. The molecule has 4 aliphatic rings. The Hall–Kier alpha value is -3.40. The van der Waals surface area contributed by atoms with Crippen molar-refractivity contribution in [1.82, 2.24) is 0 Å². The van der Waals surface area contributed by atoms with Gasteiger partial charge in [-0.2, -0.15) is 0 Å². The second-order valence-corrected chi connectivity index (χ2v) is 9.16. The van der Waals surface area contributed by atoms with E-state index in [9.17, 15) is 9.59 Å². The van der Waals surface area contributed by atoms with Crippen molar-refractivity contribution in [3.8, 4) is 0 Å². The second kappa shape index (κ2) is 6.55. The van der Waals surface area contributed by atoms with Crippen LogP contribution in [0, 0.1) is 5.41 Å². The molecule has 0 spiro atoms. The number of carbonyl (C=O) groups is 2. The predicted molar refractivity (Wildman–Crippen MR) is 118 cm³/mol. The van der Waals surface area contributed by atoms with Gasteiger partial charge in [-0.25, -0.2) is 4.79 Å². The van der Waals surface area contributed by atoms with Crippen LogP contribution in [0.3, 0.4) is 0 Å². The van der Waals surface area contributed by atoms with Gasteiger partial charge in [0.15, 0.2) is 0 Å². The molecule has 0 radical (unpaired) electrons. The van der Waals surface area contributed by atoms with E-state index in [1.807, 2.05) is 6.07 Å². The van der Waals surface area contributed by atoms with Gasteiger partial charge < -0.3 is 10.1 Å². The van der Waals surface area contributed by atoms with Crippen molar-refractivity contribution in [1.29, 1.82) is 0 Å². The highest BCUT2D eigenvalue weighted by Gasteiger charge is 2.51. The number of esters is 1. The molecular weight excluding hydrogens is 386 g/mol. The van der Waals surface area contributed by atoms with Crippen LogP contribution < -0.4 is 5.32 Å². The molecule has 4 heteroatoms. The van der Waals surface area contributed by atoms with Crippen LogP contribution in [0.5, 0.6) is 0 Å². The SMILES string of the molecule is CC1(C(=O)Nc2ccc3c(c2)COC3=O)CC2c3ccccc3CC1c1ccccc12. The molecule has 1 N–H and O–H groups in total. The quantitative estimate of drug-likeness (QED) is 0.594. The first-order chi connectivity index (χ1) is 15.0. The van der Waals surface area contributed by atoms with Gasteiger partial charge in [-0.3, -0.25) is 4.79 Å². The first-order valence-corrected chi connectivity index (χ1v) is 10.8. The average Bonchev–Trinajstić information content (AvgIpc) is 3.01. The molecule has 1 heterocycles. The molecule has 4 nitrogen and oxygen atoms in total. The van der Waals surface area contributed by atoms with Gasteiger partial charge in [0, 0.05) is 23.1 Å². The van der Waals surface area contributed by atoms with Gasteiger partial charge in [-0.15, -0.1) is 0 Å². The van der Waals surface area contributed by atoms with Gasteiger partial charge in [0.2, 0.25) is 5.91 Å². The molecule has 1 amide bonds. The Morgan fingerprint density at radius 1 is 0.968 bits per heavy atom. The Labute approximate surface area is 181 Å². The maximum atomic E-state index is 13.7. The summed E-state index contributed by atoms with van der Waals surface area (Å²) in [5.41, 5.74) is 6.94. The van der Waals surface area contributed by atoms with Crippen molar-refractivity contribution >= 4 is 17.6 Å². The smallest absolute Gasteiger partial charge is 0.338 e. The first kappa shape index (κ1) is 18.4. The van der Waals surface area contributed by atoms with Crippen LogP contribution in [0.2, 0.25) is 0 Å². The lowest BCUT2D eigenvalue weighted by Gasteiger charge is -2.42. The molecule has 3 aromatic rings. The summed E-state index contributed by atoms with van der Waals surface area (Å²) < 4.78 is 5.10. The molecule has 3 atom stereocenters. The topological polar surface area (TPSA) is 55.4 Å². The van der Waals surface area contributed by atoms with Gasteiger partial charge >= 0.3 is 5.97 Å². The molecule has 3 aliphatic carbocycles. The number of amides is 1. The molecule has 0 fully saturated rings. The van der Waals surface area contributed by atoms with Crippen LogP contribution in [0.15, 0.2) is 66.7 Å². The van der Waals surface area contributed by atoms with Gasteiger partial charge in [0.05, 0.1) is 11.0 Å².